The number of likely N-dealkylation sites (tertiary alicyclic amines) is 1. The number of aromatic nitrogens is 3. The van der Waals surface area contributed by atoms with E-state index in [0.29, 0.717) is 28.9 Å². The summed E-state index contributed by atoms with van der Waals surface area (Å²) < 4.78 is 6.62. The number of ether oxygens (including phenoxy) is 1. The van der Waals surface area contributed by atoms with E-state index in [2.05, 4.69) is 21.8 Å². The van der Waals surface area contributed by atoms with E-state index in [0.717, 1.165) is 5.52 Å². The number of likely N-dealkylation sites (N-methyl/N-ethyl adjacent to an activating group) is 1. The lowest BCUT2D eigenvalue weighted by Crippen LogP contribution is -2.37. The summed E-state index contributed by atoms with van der Waals surface area (Å²) >= 11 is 0. The molecule has 1 aliphatic heterocycles. The zero-order valence-corrected chi connectivity index (χ0v) is 16.8. The molecule has 0 aliphatic carbocycles. The molecule has 0 radical (unpaired) electrons. The molecule has 152 valence electrons. The van der Waals surface area contributed by atoms with Crippen LogP contribution in [0.3, 0.4) is 0 Å². The fourth-order valence-corrected chi connectivity index (χ4v) is 3.43. The van der Waals surface area contributed by atoms with Gasteiger partial charge in [-0.3, -0.25) is 4.79 Å². The van der Waals surface area contributed by atoms with Crippen molar-refractivity contribution in [3.63, 3.8) is 0 Å². The number of carbonyl (C=O) groups is 2. The van der Waals surface area contributed by atoms with Gasteiger partial charge in [0.2, 0.25) is 5.60 Å². The molecule has 3 aromatic rings. The van der Waals surface area contributed by atoms with Gasteiger partial charge in [-0.1, -0.05) is 24.0 Å². The maximum atomic E-state index is 12.1. The molecule has 1 fully saturated rings. The number of aryl methyl sites for hydroxylation is 1. The number of hydrogen-bond acceptors (Lipinski definition) is 6. The normalized spacial score (nSPS) is 18.4. The highest BCUT2D eigenvalue weighted by Crippen LogP contribution is 2.27. The van der Waals surface area contributed by atoms with Crippen molar-refractivity contribution in [3.05, 3.63) is 47.9 Å². The maximum Gasteiger partial charge on any atom is 0.356 e. The minimum Gasteiger partial charge on any atom is -0.464 e. The van der Waals surface area contributed by atoms with E-state index in [-0.39, 0.29) is 12.1 Å². The molecular weight excluding hydrogens is 384 g/mol. The fraction of sp³-hybridized carbons (Fsp3) is 0.273. The molecule has 1 aromatic carbocycles. The summed E-state index contributed by atoms with van der Waals surface area (Å²) in [6.07, 6.45) is 1.92. The van der Waals surface area contributed by atoms with Gasteiger partial charge in [-0.05, 0) is 18.2 Å². The smallest absolute Gasteiger partial charge is 0.356 e. The van der Waals surface area contributed by atoms with Gasteiger partial charge in [0.1, 0.15) is 5.52 Å². The van der Waals surface area contributed by atoms with E-state index < -0.39 is 17.5 Å². The van der Waals surface area contributed by atoms with E-state index in [9.17, 15) is 14.7 Å². The van der Waals surface area contributed by atoms with Crippen molar-refractivity contribution in [1.82, 2.24) is 19.4 Å². The van der Waals surface area contributed by atoms with Crippen LogP contribution in [0.2, 0.25) is 0 Å². The lowest BCUT2D eigenvalue weighted by atomic mass is 10.0. The van der Waals surface area contributed by atoms with E-state index in [4.69, 9.17) is 4.74 Å². The summed E-state index contributed by atoms with van der Waals surface area (Å²) in [7, 11) is 4.78. The van der Waals surface area contributed by atoms with Crippen LogP contribution in [0.5, 0.6) is 0 Å². The second-order valence-electron chi connectivity index (χ2n) is 7.24. The molecule has 0 saturated carbocycles. The fourth-order valence-electron chi connectivity index (χ4n) is 3.43. The molecule has 1 saturated heterocycles. The number of benzene rings is 1. The first kappa shape index (κ1) is 19.6. The highest BCUT2D eigenvalue weighted by atomic mass is 16.5. The molecule has 1 aliphatic rings. The third kappa shape index (κ3) is 3.29. The van der Waals surface area contributed by atoms with Crippen LogP contribution < -0.4 is 0 Å². The van der Waals surface area contributed by atoms with Gasteiger partial charge in [0, 0.05) is 38.2 Å². The Morgan fingerprint density at radius 1 is 1.30 bits per heavy atom. The second-order valence-corrected chi connectivity index (χ2v) is 7.24. The highest BCUT2D eigenvalue weighted by molar-refractivity contribution is 5.97. The topological polar surface area (TPSA) is 97.5 Å². The number of fused-ring (bicyclic) bond motifs is 1. The molecule has 8 nitrogen and oxygen atoms in total. The summed E-state index contributed by atoms with van der Waals surface area (Å²) in [5.41, 5.74) is 1.73. The highest BCUT2D eigenvalue weighted by Gasteiger charge is 2.42. The first-order valence-corrected chi connectivity index (χ1v) is 9.34. The number of nitrogens with zero attached hydrogens (tertiary/aromatic N) is 4. The number of pyridine rings is 1. The zero-order valence-electron chi connectivity index (χ0n) is 16.8. The largest absolute Gasteiger partial charge is 0.464 e. The first-order chi connectivity index (χ1) is 14.3. The number of carbonyl (C=O) groups excluding carboxylic acids is 2. The van der Waals surface area contributed by atoms with Gasteiger partial charge in [-0.25, -0.2) is 14.8 Å². The van der Waals surface area contributed by atoms with Crippen molar-refractivity contribution >= 4 is 22.9 Å². The number of hydrogen-bond donors (Lipinski definition) is 1. The number of imidazole rings is 1. The Labute approximate surface area is 173 Å². The predicted octanol–water partition coefficient (Wildman–Crippen LogP) is 1.37. The van der Waals surface area contributed by atoms with Crippen molar-refractivity contribution < 1.29 is 19.4 Å². The molecule has 1 amide bonds. The van der Waals surface area contributed by atoms with Gasteiger partial charge in [-0.15, -0.1) is 0 Å². The van der Waals surface area contributed by atoms with Gasteiger partial charge in [0.25, 0.3) is 5.91 Å². The zero-order chi connectivity index (χ0) is 21.5. The van der Waals surface area contributed by atoms with Crippen molar-refractivity contribution in [2.45, 2.75) is 12.0 Å². The van der Waals surface area contributed by atoms with Crippen molar-refractivity contribution in [1.29, 1.82) is 0 Å². The van der Waals surface area contributed by atoms with E-state index in [1.54, 1.807) is 42.2 Å². The molecule has 4 rings (SSSR count). The molecule has 3 heterocycles. The molecule has 30 heavy (non-hydrogen) atoms. The van der Waals surface area contributed by atoms with Gasteiger partial charge < -0.3 is 19.3 Å². The third-order valence-corrected chi connectivity index (χ3v) is 5.17. The molecule has 1 unspecified atom stereocenters. The maximum absolute atomic E-state index is 12.1. The standard InChI is InChI=1S/C22H20N4O4/c1-25-10-9-22(29,21(25)28)8-7-14-5-4-6-15(11-14)18-19-17(26(2)13-23-19)12-16(24-18)20(27)30-3/h4-6,11-13,29H,9-10H2,1-3H3. The summed E-state index contributed by atoms with van der Waals surface area (Å²) in [6.45, 7) is 0.464. The summed E-state index contributed by atoms with van der Waals surface area (Å²) in [4.78, 5) is 34.5. The lowest BCUT2D eigenvalue weighted by Gasteiger charge is -2.13. The molecular formula is C22H20N4O4. The predicted molar refractivity (Wildman–Crippen MR) is 109 cm³/mol. The summed E-state index contributed by atoms with van der Waals surface area (Å²) in [5, 5.41) is 10.5. The number of amides is 1. The Hall–Kier alpha value is -3.70. The van der Waals surface area contributed by atoms with Crippen LogP contribution in [0.1, 0.15) is 22.5 Å². The monoisotopic (exact) mass is 404 g/mol. The van der Waals surface area contributed by atoms with Crippen LogP contribution in [-0.4, -0.2) is 62.7 Å². The number of aliphatic hydroxyl groups is 1. The van der Waals surface area contributed by atoms with Gasteiger partial charge >= 0.3 is 5.97 Å². The van der Waals surface area contributed by atoms with E-state index >= 15 is 0 Å². The Balaban J connectivity index is 1.79. The Bertz CT molecular complexity index is 1240. The molecule has 0 bridgehead atoms. The number of methoxy groups -OCH3 is 1. The third-order valence-electron chi connectivity index (χ3n) is 5.17. The van der Waals surface area contributed by atoms with Crippen LogP contribution in [0.4, 0.5) is 0 Å². The van der Waals surface area contributed by atoms with Crippen LogP contribution in [0.25, 0.3) is 22.3 Å². The second kappa shape index (κ2) is 7.28. The minimum absolute atomic E-state index is 0.175. The molecule has 2 aromatic heterocycles. The first-order valence-electron chi connectivity index (χ1n) is 9.34. The van der Waals surface area contributed by atoms with E-state index in [1.807, 2.05) is 13.1 Å². The molecule has 8 heteroatoms. The van der Waals surface area contributed by atoms with Crippen LogP contribution in [0, 0.1) is 11.8 Å². The van der Waals surface area contributed by atoms with Crippen LogP contribution in [0.15, 0.2) is 36.7 Å². The molecule has 1 atom stereocenters. The van der Waals surface area contributed by atoms with Crippen molar-refractivity contribution in [2.75, 3.05) is 20.7 Å². The molecule has 0 spiro atoms. The molecule has 1 N–H and O–H groups in total. The van der Waals surface area contributed by atoms with Crippen molar-refractivity contribution in [2.24, 2.45) is 7.05 Å². The quantitative estimate of drug-likeness (QED) is 0.512. The van der Waals surface area contributed by atoms with Gasteiger partial charge in [0.15, 0.2) is 5.69 Å². The van der Waals surface area contributed by atoms with Crippen molar-refractivity contribution in [3.8, 4) is 23.1 Å². The van der Waals surface area contributed by atoms with Crippen LogP contribution >= 0.6 is 0 Å². The Morgan fingerprint density at radius 2 is 2.10 bits per heavy atom. The number of esters is 1. The van der Waals surface area contributed by atoms with E-state index in [1.165, 1.54) is 12.0 Å². The lowest BCUT2D eigenvalue weighted by molar-refractivity contribution is -0.137. The summed E-state index contributed by atoms with van der Waals surface area (Å²) in [6, 6.07) is 8.85. The Morgan fingerprint density at radius 3 is 2.80 bits per heavy atom. The average molecular weight is 404 g/mol. The van der Waals surface area contributed by atoms with Gasteiger partial charge in [-0.2, -0.15) is 0 Å². The van der Waals surface area contributed by atoms with Crippen LogP contribution in [-0.2, 0) is 16.6 Å². The SMILES string of the molecule is COC(=O)c1cc2c(ncn2C)c(-c2cccc(C#CC3(O)CCN(C)C3=O)c2)n1. The number of rotatable bonds is 2. The minimum atomic E-state index is -1.66. The Kier molecular flexibility index (Phi) is 4.76. The van der Waals surface area contributed by atoms with Gasteiger partial charge in [0.05, 0.1) is 24.6 Å². The average Bonchev–Trinajstić information content (AvgIpc) is 3.26. The summed E-state index contributed by atoms with van der Waals surface area (Å²) in [5.74, 6) is 4.68.